The van der Waals surface area contributed by atoms with Crippen molar-refractivity contribution in [3.05, 3.63) is 71.8 Å². The van der Waals surface area contributed by atoms with E-state index in [2.05, 4.69) is 21.3 Å². The summed E-state index contributed by atoms with van der Waals surface area (Å²) in [5.74, 6) is -2.28. The topological polar surface area (TPSA) is 157 Å². The lowest BCUT2D eigenvalue weighted by atomic mass is 9.85. The number of amides is 5. The second-order valence-corrected chi connectivity index (χ2v) is 18.1. The summed E-state index contributed by atoms with van der Waals surface area (Å²) >= 11 is 1.45. The van der Waals surface area contributed by atoms with Gasteiger partial charge in [0.05, 0.1) is 11.9 Å². The van der Waals surface area contributed by atoms with Crippen LogP contribution in [0.4, 0.5) is 0 Å². The van der Waals surface area contributed by atoms with Gasteiger partial charge in [-0.1, -0.05) is 102 Å². The lowest BCUT2D eigenvalue weighted by Gasteiger charge is -2.36. The predicted octanol–water partition coefficient (Wildman–Crippen LogP) is 3.72. The molecular formula is C39H55N5O6S. The maximum absolute atomic E-state index is 14.2. The molecule has 278 valence electrons. The van der Waals surface area contributed by atoms with Crippen molar-refractivity contribution in [1.82, 2.24) is 26.2 Å². The van der Waals surface area contributed by atoms with Gasteiger partial charge in [0, 0.05) is 17.2 Å². The maximum atomic E-state index is 14.2. The van der Waals surface area contributed by atoms with E-state index in [4.69, 9.17) is 0 Å². The summed E-state index contributed by atoms with van der Waals surface area (Å²) in [6.45, 7) is 15.6. The molecule has 5 N–H and O–H groups in total. The highest BCUT2D eigenvalue weighted by molar-refractivity contribution is 8.00. The number of aliphatic hydroxyl groups is 1. The quantitative estimate of drug-likeness (QED) is 0.211. The lowest BCUT2D eigenvalue weighted by molar-refractivity contribution is -0.148. The molecule has 11 nitrogen and oxygen atoms in total. The van der Waals surface area contributed by atoms with Crippen LogP contribution in [0.5, 0.6) is 0 Å². The van der Waals surface area contributed by atoms with Crippen molar-refractivity contribution in [2.24, 2.45) is 16.7 Å². The molecule has 1 heterocycles. The van der Waals surface area contributed by atoms with Crippen LogP contribution >= 0.6 is 11.8 Å². The summed E-state index contributed by atoms with van der Waals surface area (Å²) in [4.78, 5) is 70.0. The number of benzene rings is 2. The van der Waals surface area contributed by atoms with Crippen molar-refractivity contribution < 1.29 is 29.1 Å². The number of hydrogen-bond donors (Lipinski definition) is 5. The van der Waals surface area contributed by atoms with Gasteiger partial charge in [-0.3, -0.25) is 24.0 Å². The fraction of sp³-hybridized carbons (Fsp3) is 0.564. The first-order chi connectivity index (χ1) is 23.8. The Bertz CT molecular complexity index is 1550. The van der Waals surface area contributed by atoms with E-state index in [1.807, 2.05) is 71.0 Å². The fourth-order valence-electron chi connectivity index (χ4n) is 6.03. The summed E-state index contributed by atoms with van der Waals surface area (Å²) < 4.78 is -0.624. The second-order valence-electron chi connectivity index (χ2n) is 16.5. The fourth-order valence-corrected chi connectivity index (χ4v) is 7.17. The minimum Gasteiger partial charge on any atom is -0.381 e. The maximum Gasteiger partial charge on any atom is 0.254 e. The van der Waals surface area contributed by atoms with Gasteiger partial charge in [-0.25, -0.2) is 0 Å². The van der Waals surface area contributed by atoms with E-state index in [-0.39, 0.29) is 35.4 Å². The minimum absolute atomic E-state index is 0.111. The molecule has 0 spiro atoms. The average Bonchev–Trinajstić information content (AvgIpc) is 3.86. The molecule has 0 aromatic heterocycles. The van der Waals surface area contributed by atoms with Gasteiger partial charge in [-0.15, -0.1) is 11.8 Å². The third-order valence-corrected chi connectivity index (χ3v) is 10.5. The van der Waals surface area contributed by atoms with Gasteiger partial charge in [0.15, 0.2) is 6.10 Å². The van der Waals surface area contributed by atoms with E-state index in [0.29, 0.717) is 12.1 Å². The molecule has 51 heavy (non-hydrogen) atoms. The Kier molecular flexibility index (Phi) is 12.7. The van der Waals surface area contributed by atoms with Crippen LogP contribution in [-0.2, 0) is 30.4 Å². The summed E-state index contributed by atoms with van der Waals surface area (Å²) in [5, 5.41) is 23.4. The first kappa shape index (κ1) is 39.9. The van der Waals surface area contributed by atoms with Crippen LogP contribution < -0.4 is 21.3 Å². The van der Waals surface area contributed by atoms with Crippen molar-refractivity contribution >= 4 is 41.3 Å². The number of carbonyl (C=O) groups is 5. The Hall–Kier alpha value is -3.90. The molecule has 2 aromatic carbocycles. The molecule has 2 aromatic rings. The third-order valence-electron chi connectivity index (χ3n) is 9.18. The van der Waals surface area contributed by atoms with Crippen molar-refractivity contribution in [2.75, 3.05) is 12.4 Å². The molecule has 0 radical (unpaired) electrons. The number of hydrogen-bond acceptors (Lipinski definition) is 7. The van der Waals surface area contributed by atoms with E-state index in [1.54, 1.807) is 45.0 Å². The monoisotopic (exact) mass is 721 g/mol. The zero-order chi connectivity index (χ0) is 37.7. The lowest BCUT2D eigenvalue weighted by Crippen LogP contribution is -2.62. The van der Waals surface area contributed by atoms with Crippen LogP contribution in [0.15, 0.2) is 60.7 Å². The molecule has 0 bridgehead atoms. The average molecular weight is 722 g/mol. The first-order valence-electron chi connectivity index (χ1n) is 17.7. The SMILES string of the molecule is CC(C)(C)CNC(=O)[C@H]1N(C(=O)[C@@H](O)[C@H](Cc2ccccc2)NC(=O)[C@@H](NC(=O)[C@@H](NC(=O)C2CC2)c2ccccc2)C(C)(C)C)CSC1(C)C. The van der Waals surface area contributed by atoms with Crippen molar-refractivity contribution in [3.8, 4) is 0 Å². The molecule has 1 saturated carbocycles. The van der Waals surface area contributed by atoms with E-state index in [1.165, 1.54) is 16.7 Å². The number of aliphatic hydroxyl groups excluding tert-OH is 1. The minimum atomic E-state index is -1.70. The van der Waals surface area contributed by atoms with Crippen molar-refractivity contribution in [1.29, 1.82) is 0 Å². The molecule has 12 heteroatoms. The Morgan fingerprint density at radius 2 is 1.43 bits per heavy atom. The highest BCUT2D eigenvalue weighted by Gasteiger charge is 2.50. The molecular weight excluding hydrogens is 667 g/mol. The zero-order valence-corrected chi connectivity index (χ0v) is 31.9. The van der Waals surface area contributed by atoms with Crippen LogP contribution in [-0.4, -0.2) is 80.9 Å². The predicted molar refractivity (Wildman–Crippen MR) is 199 cm³/mol. The van der Waals surface area contributed by atoms with E-state index >= 15 is 0 Å². The van der Waals surface area contributed by atoms with Crippen LogP contribution in [0.1, 0.15) is 85.4 Å². The van der Waals surface area contributed by atoms with Crippen LogP contribution in [0, 0.1) is 16.7 Å². The van der Waals surface area contributed by atoms with Gasteiger partial charge in [0.25, 0.3) is 5.91 Å². The molecule has 4 rings (SSSR count). The van der Waals surface area contributed by atoms with Gasteiger partial charge < -0.3 is 31.3 Å². The molecule has 2 aliphatic rings. The third kappa shape index (κ3) is 10.8. The standard InChI is InChI=1S/C39H55N5O6S/c1-37(2,3)22-40-35(49)31-39(7,8)51-23-44(31)36(50)29(45)27(21-24-15-11-9-12-16-24)41-34(48)30(38(4,5)6)43-33(47)28(25-17-13-10-14-18-25)42-32(46)26-19-20-26/h9-18,26-31,45H,19-23H2,1-8H3,(H,40,49)(H,41,48)(H,42,46)(H,43,47)/t27-,28-,29-,30+,31+/m0/s1. The Morgan fingerprint density at radius 3 is 1.98 bits per heavy atom. The summed E-state index contributed by atoms with van der Waals surface area (Å²) in [6, 6.07) is 14.0. The second kappa shape index (κ2) is 16.2. The summed E-state index contributed by atoms with van der Waals surface area (Å²) in [6.07, 6.45) is -0.0590. The van der Waals surface area contributed by atoms with E-state index < -0.39 is 58.2 Å². The molecule has 5 amide bonds. The molecule has 1 aliphatic heterocycles. The number of carbonyl (C=O) groups excluding carboxylic acids is 5. The van der Waals surface area contributed by atoms with Gasteiger partial charge in [0.2, 0.25) is 23.6 Å². The van der Waals surface area contributed by atoms with Crippen LogP contribution in [0.25, 0.3) is 0 Å². The summed E-state index contributed by atoms with van der Waals surface area (Å²) in [7, 11) is 0. The Morgan fingerprint density at radius 1 is 0.843 bits per heavy atom. The normalized spacial score (nSPS) is 19.6. The van der Waals surface area contributed by atoms with Crippen molar-refractivity contribution in [3.63, 3.8) is 0 Å². The van der Waals surface area contributed by atoms with Crippen LogP contribution in [0.3, 0.4) is 0 Å². The molecule has 5 atom stereocenters. The van der Waals surface area contributed by atoms with Crippen molar-refractivity contribution in [2.45, 2.75) is 110 Å². The van der Waals surface area contributed by atoms with Gasteiger partial charge in [-0.05, 0) is 55.1 Å². The molecule has 1 saturated heterocycles. The number of rotatable bonds is 13. The van der Waals surface area contributed by atoms with Gasteiger partial charge >= 0.3 is 0 Å². The Labute approximate surface area is 306 Å². The molecule has 1 aliphatic carbocycles. The number of thioether (sulfide) groups is 1. The van der Waals surface area contributed by atoms with Gasteiger partial charge in [0.1, 0.15) is 18.1 Å². The van der Waals surface area contributed by atoms with E-state index in [0.717, 1.165) is 18.4 Å². The number of nitrogens with one attached hydrogen (secondary N) is 4. The van der Waals surface area contributed by atoms with E-state index in [9.17, 15) is 29.1 Å². The molecule has 0 unspecified atom stereocenters. The highest BCUT2D eigenvalue weighted by Crippen LogP contribution is 2.40. The largest absolute Gasteiger partial charge is 0.381 e. The first-order valence-corrected chi connectivity index (χ1v) is 18.7. The Balaban J connectivity index is 1.59. The number of nitrogens with zero attached hydrogens (tertiary/aromatic N) is 1. The van der Waals surface area contributed by atoms with Gasteiger partial charge in [-0.2, -0.15) is 0 Å². The van der Waals surface area contributed by atoms with Crippen LogP contribution in [0.2, 0.25) is 0 Å². The smallest absolute Gasteiger partial charge is 0.254 e. The summed E-state index contributed by atoms with van der Waals surface area (Å²) in [5.41, 5.74) is 0.370. The highest BCUT2D eigenvalue weighted by atomic mass is 32.2. The molecule has 2 fully saturated rings. The zero-order valence-electron chi connectivity index (χ0n) is 31.1.